The Labute approximate surface area is 157 Å². The van der Waals surface area contributed by atoms with Crippen LogP contribution in [0.25, 0.3) is 0 Å². The molecule has 0 saturated carbocycles. The van der Waals surface area contributed by atoms with Crippen molar-refractivity contribution in [1.82, 2.24) is 10.3 Å². The Bertz CT molecular complexity index is 867. The summed E-state index contributed by atoms with van der Waals surface area (Å²) in [4.78, 5) is 16.5. The van der Waals surface area contributed by atoms with Crippen LogP contribution in [0.4, 0.5) is 0 Å². The number of halogens is 1. The number of hydrogen-bond donors (Lipinski definition) is 1. The van der Waals surface area contributed by atoms with E-state index in [9.17, 15) is 4.79 Å². The van der Waals surface area contributed by atoms with Crippen LogP contribution >= 0.6 is 11.6 Å². The van der Waals surface area contributed by atoms with Gasteiger partial charge >= 0.3 is 0 Å². The SMILES string of the molecule is CC(NC(=O)c1ccc(OCc2cccnc2)cc1)c1ccccc1Cl. The van der Waals surface area contributed by atoms with Gasteiger partial charge in [0.2, 0.25) is 0 Å². The number of amides is 1. The molecule has 0 radical (unpaired) electrons. The van der Waals surface area contributed by atoms with Gasteiger partial charge in [-0.05, 0) is 48.9 Å². The highest BCUT2D eigenvalue weighted by molar-refractivity contribution is 6.31. The van der Waals surface area contributed by atoms with Crippen LogP contribution in [0.1, 0.15) is 34.5 Å². The first-order valence-electron chi connectivity index (χ1n) is 8.30. The summed E-state index contributed by atoms with van der Waals surface area (Å²) < 4.78 is 5.70. The van der Waals surface area contributed by atoms with Crippen molar-refractivity contribution in [3.8, 4) is 5.75 Å². The molecule has 1 heterocycles. The number of ether oxygens (including phenoxy) is 1. The molecule has 26 heavy (non-hydrogen) atoms. The average Bonchev–Trinajstić information content (AvgIpc) is 2.68. The van der Waals surface area contributed by atoms with E-state index in [1.54, 1.807) is 36.7 Å². The largest absolute Gasteiger partial charge is 0.489 e. The number of aromatic nitrogens is 1. The van der Waals surface area contributed by atoms with Crippen molar-refractivity contribution in [2.45, 2.75) is 19.6 Å². The predicted molar refractivity (Wildman–Crippen MR) is 102 cm³/mol. The van der Waals surface area contributed by atoms with E-state index < -0.39 is 0 Å². The second-order valence-electron chi connectivity index (χ2n) is 5.89. The van der Waals surface area contributed by atoms with Crippen LogP contribution in [0.5, 0.6) is 5.75 Å². The monoisotopic (exact) mass is 366 g/mol. The van der Waals surface area contributed by atoms with Gasteiger partial charge in [0.1, 0.15) is 12.4 Å². The zero-order valence-electron chi connectivity index (χ0n) is 14.4. The molecule has 3 aromatic rings. The van der Waals surface area contributed by atoms with Gasteiger partial charge in [-0.15, -0.1) is 0 Å². The third-order valence-corrected chi connectivity index (χ3v) is 4.31. The number of benzene rings is 2. The van der Waals surface area contributed by atoms with Crippen LogP contribution in [-0.4, -0.2) is 10.9 Å². The van der Waals surface area contributed by atoms with E-state index in [-0.39, 0.29) is 11.9 Å². The molecule has 0 aliphatic heterocycles. The van der Waals surface area contributed by atoms with Crippen molar-refractivity contribution in [3.63, 3.8) is 0 Å². The molecule has 1 N–H and O–H groups in total. The molecule has 3 rings (SSSR count). The van der Waals surface area contributed by atoms with E-state index >= 15 is 0 Å². The lowest BCUT2D eigenvalue weighted by atomic mass is 10.1. The first-order chi connectivity index (χ1) is 12.6. The van der Waals surface area contributed by atoms with Gasteiger partial charge in [-0.1, -0.05) is 35.9 Å². The van der Waals surface area contributed by atoms with Crippen molar-refractivity contribution < 1.29 is 9.53 Å². The number of nitrogens with zero attached hydrogens (tertiary/aromatic N) is 1. The molecule has 5 heteroatoms. The molecule has 2 aromatic carbocycles. The van der Waals surface area contributed by atoms with Gasteiger partial charge in [0, 0.05) is 28.5 Å². The van der Waals surface area contributed by atoms with E-state index in [1.807, 2.05) is 43.3 Å². The number of pyridine rings is 1. The van der Waals surface area contributed by atoms with Crippen molar-refractivity contribution in [2.24, 2.45) is 0 Å². The molecule has 0 saturated heterocycles. The van der Waals surface area contributed by atoms with E-state index in [0.29, 0.717) is 22.9 Å². The van der Waals surface area contributed by atoms with Crippen LogP contribution in [0.15, 0.2) is 73.1 Å². The molecule has 0 aliphatic carbocycles. The summed E-state index contributed by atoms with van der Waals surface area (Å²) in [5.74, 6) is 0.542. The summed E-state index contributed by atoms with van der Waals surface area (Å²) in [6.07, 6.45) is 3.48. The average molecular weight is 367 g/mol. The zero-order chi connectivity index (χ0) is 18.4. The topological polar surface area (TPSA) is 51.2 Å². The van der Waals surface area contributed by atoms with Crippen molar-refractivity contribution in [1.29, 1.82) is 0 Å². The number of carbonyl (C=O) groups is 1. The molecule has 0 fully saturated rings. The molecule has 0 bridgehead atoms. The molecule has 1 amide bonds. The Morgan fingerprint density at radius 3 is 2.58 bits per heavy atom. The Morgan fingerprint density at radius 2 is 1.88 bits per heavy atom. The minimum Gasteiger partial charge on any atom is -0.489 e. The van der Waals surface area contributed by atoms with Gasteiger partial charge in [-0.2, -0.15) is 0 Å². The smallest absolute Gasteiger partial charge is 0.251 e. The lowest BCUT2D eigenvalue weighted by Crippen LogP contribution is -2.26. The Hall–Kier alpha value is -2.85. The highest BCUT2D eigenvalue weighted by atomic mass is 35.5. The fourth-order valence-electron chi connectivity index (χ4n) is 2.54. The van der Waals surface area contributed by atoms with Crippen LogP contribution in [-0.2, 0) is 6.61 Å². The first kappa shape index (κ1) is 18.0. The Balaban J connectivity index is 1.59. The maximum absolute atomic E-state index is 12.4. The van der Waals surface area contributed by atoms with E-state index in [2.05, 4.69) is 10.3 Å². The highest BCUT2D eigenvalue weighted by Gasteiger charge is 2.13. The molecule has 132 valence electrons. The van der Waals surface area contributed by atoms with Gasteiger partial charge in [0.05, 0.1) is 6.04 Å². The molecule has 1 aromatic heterocycles. The second-order valence-corrected chi connectivity index (χ2v) is 6.30. The molecule has 4 nitrogen and oxygen atoms in total. The number of rotatable bonds is 6. The number of hydrogen-bond acceptors (Lipinski definition) is 3. The number of nitrogens with one attached hydrogen (secondary N) is 1. The molecule has 1 atom stereocenters. The molecular formula is C21H19ClN2O2. The minimum absolute atomic E-state index is 0.156. The summed E-state index contributed by atoms with van der Waals surface area (Å²) >= 11 is 6.18. The fourth-order valence-corrected chi connectivity index (χ4v) is 2.84. The summed E-state index contributed by atoms with van der Waals surface area (Å²) in [6, 6.07) is 18.2. The lowest BCUT2D eigenvalue weighted by Gasteiger charge is -2.16. The van der Waals surface area contributed by atoms with E-state index in [4.69, 9.17) is 16.3 Å². The Morgan fingerprint density at radius 1 is 1.12 bits per heavy atom. The zero-order valence-corrected chi connectivity index (χ0v) is 15.1. The quantitative estimate of drug-likeness (QED) is 0.681. The van der Waals surface area contributed by atoms with E-state index in [1.165, 1.54) is 0 Å². The third-order valence-electron chi connectivity index (χ3n) is 3.96. The number of carbonyl (C=O) groups excluding carboxylic acids is 1. The molecule has 0 aliphatic rings. The van der Waals surface area contributed by atoms with Gasteiger partial charge in [-0.25, -0.2) is 0 Å². The van der Waals surface area contributed by atoms with Crippen molar-refractivity contribution >= 4 is 17.5 Å². The minimum atomic E-state index is -0.183. The maximum Gasteiger partial charge on any atom is 0.251 e. The van der Waals surface area contributed by atoms with Gasteiger partial charge in [0.25, 0.3) is 5.91 Å². The van der Waals surface area contributed by atoms with Gasteiger partial charge in [-0.3, -0.25) is 9.78 Å². The summed E-state index contributed by atoms with van der Waals surface area (Å²) in [7, 11) is 0. The Kier molecular flexibility index (Phi) is 5.87. The summed E-state index contributed by atoms with van der Waals surface area (Å²) in [5.41, 5.74) is 2.44. The fraction of sp³-hybridized carbons (Fsp3) is 0.143. The first-order valence-corrected chi connectivity index (χ1v) is 8.68. The predicted octanol–water partition coefficient (Wildman–Crippen LogP) is 4.81. The lowest BCUT2D eigenvalue weighted by molar-refractivity contribution is 0.0940. The molecular weight excluding hydrogens is 348 g/mol. The third kappa shape index (κ3) is 4.61. The summed E-state index contributed by atoms with van der Waals surface area (Å²) in [6.45, 7) is 2.34. The molecule has 1 unspecified atom stereocenters. The summed E-state index contributed by atoms with van der Waals surface area (Å²) in [5, 5.41) is 3.60. The maximum atomic E-state index is 12.4. The van der Waals surface area contributed by atoms with Crippen molar-refractivity contribution in [3.05, 3.63) is 94.8 Å². The van der Waals surface area contributed by atoms with Gasteiger partial charge < -0.3 is 10.1 Å². The standard InChI is InChI=1S/C21H19ClN2O2/c1-15(19-6-2-3-7-20(19)22)24-21(25)17-8-10-18(11-9-17)26-14-16-5-4-12-23-13-16/h2-13,15H,14H2,1H3,(H,24,25). The van der Waals surface area contributed by atoms with Crippen LogP contribution < -0.4 is 10.1 Å². The molecule has 0 spiro atoms. The van der Waals surface area contributed by atoms with Crippen molar-refractivity contribution in [2.75, 3.05) is 0 Å². The van der Waals surface area contributed by atoms with E-state index in [0.717, 1.165) is 11.1 Å². The van der Waals surface area contributed by atoms with Crippen LogP contribution in [0.2, 0.25) is 5.02 Å². The normalized spacial score (nSPS) is 11.6. The van der Waals surface area contributed by atoms with Gasteiger partial charge in [0.15, 0.2) is 0 Å². The van der Waals surface area contributed by atoms with Crippen LogP contribution in [0.3, 0.4) is 0 Å². The highest BCUT2D eigenvalue weighted by Crippen LogP contribution is 2.22. The van der Waals surface area contributed by atoms with Crippen LogP contribution in [0, 0.1) is 0 Å². The second kappa shape index (κ2) is 8.50.